The monoisotopic (exact) mass is 335 g/mol. The average Bonchev–Trinajstić information content (AvgIpc) is 3.19. The van der Waals surface area contributed by atoms with E-state index in [2.05, 4.69) is 22.5 Å². The number of hydrogen-bond acceptors (Lipinski definition) is 3. The molecule has 24 heavy (non-hydrogen) atoms. The fraction of sp³-hybridized carbons (Fsp3) is 0.889. The molecule has 2 heterocycles. The number of carbonyl (C=O) groups excluding carboxylic acids is 1. The SMILES string of the molecule is CCNC(=NCC1CCN(C2CC2)C1)NCCCN1CCCC1=O. The minimum absolute atomic E-state index is 0.317. The molecule has 6 heteroatoms. The maximum absolute atomic E-state index is 11.6. The summed E-state index contributed by atoms with van der Waals surface area (Å²) in [7, 11) is 0. The van der Waals surface area contributed by atoms with E-state index in [1.54, 1.807) is 0 Å². The molecule has 0 aromatic heterocycles. The van der Waals surface area contributed by atoms with Gasteiger partial charge in [0.2, 0.25) is 5.91 Å². The zero-order chi connectivity index (χ0) is 16.8. The van der Waals surface area contributed by atoms with Crippen LogP contribution < -0.4 is 10.6 Å². The lowest BCUT2D eigenvalue weighted by molar-refractivity contribution is -0.127. The van der Waals surface area contributed by atoms with Crippen LogP contribution >= 0.6 is 0 Å². The Hall–Kier alpha value is -1.30. The molecule has 1 unspecified atom stereocenters. The molecule has 1 atom stereocenters. The maximum Gasteiger partial charge on any atom is 0.222 e. The van der Waals surface area contributed by atoms with Crippen LogP contribution in [0.15, 0.2) is 4.99 Å². The minimum Gasteiger partial charge on any atom is -0.357 e. The third-order valence-corrected chi connectivity index (χ3v) is 5.30. The Kier molecular flexibility index (Phi) is 6.35. The zero-order valence-electron chi connectivity index (χ0n) is 15.1. The fourth-order valence-corrected chi connectivity index (χ4v) is 3.76. The molecule has 0 radical (unpaired) electrons. The van der Waals surface area contributed by atoms with Gasteiger partial charge in [0, 0.05) is 51.7 Å². The van der Waals surface area contributed by atoms with Gasteiger partial charge in [0.25, 0.3) is 0 Å². The Labute approximate surface area is 146 Å². The van der Waals surface area contributed by atoms with E-state index in [4.69, 9.17) is 4.99 Å². The molecule has 3 aliphatic rings. The lowest BCUT2D eigenvalue weighted by Crippen LogP contribution is -2.39. The van der Waals surface area contributed by atoms with Crippen molar-refractivity contribution in [1.29, 1.82) is 0 Å². The van der Waals surface area contributed by atoms with Crippen molar-refractivity contribution in [2.45, 2.75) is 51.5 Å². The molecule has 1 amide bonds. The molecule has 3 fully saturated rings. The van der Waals surface area contributed by atoms with Crippen molar-refractivity contribution in [2.75, 3.05) is 45.8 Å². The van der Waals surface area contributed by atoms with Gasteiger partial charge in [-0.3, -0.25) is 9.79 Å². The van der Waals surface area contributed by atoms with Crippen molar-refractivity contribution in [3.63, 3.8) is 0 Å². The topological polar surface area (TPSA) is 60.0 Å². The van der Waals surface area contributed by atoms with Crippen LogP contribution in [0, 0.1) is 5.92 Å². The Morgan fingerprint density at radius 1 is 1.25 bits per heavy atom. The van der Waals surface area contributed by atoms with Gasteiger partial charge in [-0.2, -0.15) is 0 Å². The van der Waals surface area contributed by atoms with E-state index in [1.165, 1.54) is 32.4 Å². The number of rotatable bonds is 8. The van der Waals surface area contributed by atoms with Gasteiger partial charge in [0.1, 0.15) is 0 Å². The lowest BCUT2D eigenvalue weighted by atomic mass is 10.1. The number of carbonyl (C=O) groups is 1. The molecule has 2 saturated heterocycles. The number of aliphatic imine (C=N–C) groups is 1. The van der Waals surface area contributed by atoms with Crippen LogP contribution in [0.5, 0.6) is 0 Å². The van der Waals surface area contributed by atoms with Crippen LogP contribution in [0.4, 0.5) is 0 Å². The third-order valence-electron chi connectivity index (χ3n) is 5.30. The molecule has 1 aliphatic carbocycles. The van der Waals surface area contributed by atoms with Gasteiger partial charge in [-0.1, -0.05) is 0 Å². The van der Waals surface area contributed by atoms with Gasteiger partial charge in [0.05, 0.1) is 0 Å². The van der Waals surface area contributed by atoms with Gasteiger partial charge in [-0.25, -0.2) is 0 Å². The van der Waals surface area contributed by atoms with Crippen LogP contribution in [0.25, 0.3) is 0 Å². The first-order chi connectivity index (χ1) is 11.8. The number of amides is 1. The van der Waals surface area contributed by atoms with E-state index in [-0.39, 0.29) is 0 Å². The normalized spacial score (nSPS) is 25.5. The number of hydrogen-bond donors (Lipinski definition) is 2. The number of guanidine groups is 1. The van der Waals surface area contributed by atoms with Gasteiger partial charge in [0.15, 0.2) is 5.96 Å². The summed E-state index contributed by atoms with van der Waals surface area (Å²) in [6.07, 6.45) is 6.83. The highest BCUT2D eigenvalue weighted by molar-refractivity contribution is 5.79. The van der Waals surface area contributed by atoms with Crippen LogP contribution in [0.1, 0.15) is 45.4 Å². The van der Waals surface area contributed by atoms with Crippen molar-refractivity contribution in [1.82, 2.24) is 20.4 Å². The summed E-state index contributed by atoms with van der Waals surface area (Å²) in [5, 5.41) is 6.75. The molecule has 1 saturated carbocycles. The molecule has 0 spiro atoms. The molecule has 136 valence electrons. The van der Waals surface area contributed by atoms with Crippen LogP contribution in [-0.4, -0.2) is 73.5 Å². The highest BCUT2D eigenvalue weighted by atomic mass is 16.2. The minimum atomic E-state index is 0.317. The molecule has 0 bridgehead atoms. The summed E-state index contributed by atoms with van der Waals surface area (Å²) in [6.45, 7) is 9.07. The smallest absolute Gasteiger partial charge is 0.222 e. The molecule has 0 aromatic carbocycles. The molecule has 2 aliphatic heterocycles. The molecule has 3 rings (SSSR count). The predicted molar refractivity (Wildman–Crippen MR) is 97.1 cm³/mol. The molecular weight excluding hydrogens is 302 g/mol. The Morgan fingerprint density at radius 2 is 2.12 bits per heavy atom. The molecule has 2 N–H and O–H groups in total. The summed E-state index contributed by atoms with van der Waals surface area (Å²) >= 11 is 0. The van der Waals surface area contributed by atoms with Crippen molar-refractivity contribution in [3.8, 4) is 0 Å². The highest BCUT2D eigenvalue weighted by Gasteiger charge is 2.34. The van der Waals surface area contributed by atoms with Crippen molar-refractivity contribution >= 4 is 11.9 Å². The van der Waals surface area contributed by atoms with Gasteiger partial charge < -0.3 is 20.4 Å². The number of nitrogens with one attached hydrogen (secondary N) is 2. The fourth-order valence-electron chi connectivity index (χ4n) is 3.76. The van der Waals surface area contributed by atoms with Crippen molar-refractivity contribution in [2.24, 2.45) is 10.9 Å². The second-order valence-corrected chi connectivity index (χ2v) is 7.37. The summed E-state index contributed by atoms with van der Waals surface area (Å²) < 4.78 is 0. The predicted octanol–water partition coefficient (Wildman–Crippen LogP) is 1.04. The van der Waals surface area contributed by atoms with E-state index in [1.807, 2.05) is 4.90 Å². The van der Waals surface area contributed by atoms with Crippen molar-refractivity contribution in [3.05, 3.63) is 0 Å². The summed E-state index contributed by atoms with van der Waals surface area (Å²) in [5.41, 5.74) is 0. The second-order valence-electron chi connectivity index (χ2n) is 7.37. The van der Waals surface area contributed by atoms with E-state index >= 15 is 0 Å². The first-order valence-corrected chi connectivity index (χ1v) is 9.80. The van der Waals surface area contributed by atoms with E-state index in [0.717, 1.165) is 64.0 Å². The van der Waals surface area contributed by atoms with Crippen LogP contribution in [0.3, 0.4) is 0 Å². The largest absolute Gasteiger partial charge is 0.357 e. The number of nitrogens with zero attached hydrogens (tertiary/aromatic N) is 3. The standard InChI is InChI=1S/C18H33N5O/c1-2-19-18(20-9-4-11-22-10-3-5-17(22)24)21-13-15-8-12-23(14-15)16-6-7-16/h15-16H,2-14H2,1H3,(H2,19,20,21). The highest BCUT2D eigenvalue weighted by Crippen LogP contribution is 2.31. The second kappa shape index (κ2) is 8.70. The Bertz CT molecular complexity index is 449. The van der Waals surface area contributed by atoms with Gasteiger partial charge >= 0.3 is 0 Å². The molecular formula is C18H33N5O. The quantitative estimate of drug-likeness (QED) is 0.395. The van der Waals surface area contributed by atoms with Gasteiger partial charge in [-0.15, -0.1) is 0 Å². The van der Waals surface area contributed by atoms with Crippen LogP contribution in [-0.2, 0) is 4.79 Å². The van der Waals surface area contributed by atoms with E-state index < -0.39 is 0 Å². The van der Waals surface area contributed by atoms with Crippen LogP contribution in [0.2, 0.25) is 0 Å². The average molecular weight is 335 g/mol. The first kappa shape index (κ1) is 17.5. The molecule has 6 nitrogen and oxygen atoms in total. The maximum atomic E-state index is 11.6. The zero-order valence-corrected chi connectivity index (χ0v) is 15.1. The summed E-state index contributed by atoms with van der Waals surface area (Å²) in [5.74, 6) is 1.95. The Morgan fingerprint density at radius 3 is 2.83 bits per heavy atom. The molecule has 0 aromatic rings. The van der Waals surface area contributed by atoms with Gasteiger partial charge in [-0.05, 0) is 51.5 Å². The summed E-state index contributed by atoms with van der Waals surface area (Å²) in [4.78, 5) is 21.0. The lowest BCUT2D eigenvalue weighted by Gasteiger charge is -2.17. The Balaban J connectivity index is 1.34. The van der Waals surface area contributed by atoms with E-state index in [0.29, 0.717) is 11.8 Å². The first-order valence-electron chi connectivity index (χ1n) is 9.80. The number of likely N-dealkylation sites (tertiary alicyclic amines) is 2. The van der Waals surface area contributed by atoms with E-state index in [9.17, 15) is 4.79 Å². The third kappa shape index (κ3) is 5.10. The summed E-state index contributed by atoms with van der Waals surface area (Å²) in [6, 6.07) is 0.888. The van der Waals surface area contributed by atoms with Crippen molar-refractivity contribution < 1.29 is 4.79 Å².